The number of amides is 1. The maximum Gasteiger partial charge on any atom is 0.306 e. The number of hydrogen-bond donors (Lipinski definition) is 3. The van der Waals surface area contributed by atoms with Crippen molar-refractivity contribution in [3.8, 4) is 22.0 Å². The quantitative estimate of drug-likeness (QED) is 0.0681. The van der Waals surface area contributed by atoms with Gasteiger partial charge in [-0.3, -0.25) is 24.0 Å². The van der Waals surface area contributed by atoms with Crippen molar-refractivity contribution in [1.29, 1.82) is 0 Å². The minimum atomic E-state index is -0.865. The summed E-state index contributed by atoms with van der Waals surface area (Å²) in [6.07, 6.45) is 9.40. The highest BCUT2D eigenvalue weighted by atomic mass is 32.2. The standard InChI is InChI=1S/C32H37F2N9O4S.C6H6OS.C2H6O/c1-40-11-13-41(14-12-40)15-16-47-28(45)10-9-27(44)43-18-21(17-35-43)32-37-25(20-48-32)31(46)36-24-19-42(22-5-3-2-4-6-22)39-30(24)29-23(33)7-8-26(34)38-29;7-8-6-4-2-1-3-5-6;1-2-3/h7-8,17-20,22H,2-6,9-16H2,1H3,(H,36,46);1-5,7H;3H,2H2,1H3. The summed E-state index contributed by atoms with van der Waals surface area (Å²) in [5, 5.41) is 21.0. The van der Waals surface area contributed by atoms with Crippen LogP contribution < -0.4 is 5.32 Å². The Morgan fingerprint density at radius 3 is 2.39 bits per heavy atom. The molecule has 316 valence electrons. The highest BCUT2D eigenvalue weighted by Gasteiger charge is 2.25. The number of rotatable bonds is 12. The van der Waals surface area contributed by atoms with E-state index < -0.39 is 23.6 Å². The third kappa shape index (κ3) is 13.6. The fourth-order valence-electron chi connectivity index (χ4n) is 6.28. The van der Waals surface area contributed by atoms with Crippen LogP contribution in [-0.4, -0.2) is 120 Å². The smallest absolute Gasteiger partial charge is 0.306 e. The molecule has 5 aromatic rings. The third-order valence-electron chi connectivity index (χ3n) is 9.45. The zero-order valence-corrected chi connectivity index (χ0v) is 34.6. The van der Waals surface area contributed by atoms with E-state index in [0.29, 0.717) is 17.1 Å². The number of hydrogen-bond acceptors (Lipinski definition) is 14. The average Bonchev–Trinajstić information content (AvgIpc) is 4.04. The number of nitrogens with one attached hydrogen (secondary N) is 1. The fourth-order valence-corrected chi connectivity index (χ4v) is 7.33. The van der Waals surface area contributed by atoms with Gasteiger partial charge in [-0.15, -0.1) is 11.3 Å². The molecule has 0 bridgehead atoms. The molecule has 1 aromatic carbocycles. The summed E-state index contributed by atoms with van der Waals surface area (Å²) in [6, 6.07) is 11.4. The highest BCUT2D eigenvalue weighted by Crippen LogP contribution is 2.34. The molecule has 1 saturated heterocycles. The highest BCUT2D eigenvalue weighted by molar-refractivity contribution is 7.93. The topological polar surface area (TPSA) is 181 Å². The first-order valence-corrected chi connectivity index (χ1v) is 21.0. The van der Waals surface area contributed by atoms with Crippen molar-refractivity contribution in [2.24, 2.45) is 0 Å². The molecular weight excluding hydrogens is 805 g/mol. The van der Waals surface area contributed by atoms with Crippen LogP contribution in [0, 0.1) is 11.8 Å². The molecule has 19 heteroatoms. The van der Waals surface area contributed by atoms with Gasteiger partial charge in [0.05, 0.1) is 24.3 Å². The number of aliphatic hydroxyl groups is 1. The number of carbonyl (C=O) groups is 3. The minimum Gasteiger partial charge on any atom is -0.464 e. The molecule has 1 amide bonds. The third-order valence-corrected chi connectivity index (χ3v) is 10.8. The van der Waals surface area contributed by atoms with Crippen LogP contribution in [0.2, 0.25) is 0 Å². The van der Waals surface area contributed by atoms with Crippen LogP contribution in [-0.2, 0) is 9.53 Å². The molecule has 0 spiro atoms. The monoisotopic (exact) mass is 853 g/mol. The number of halogens is 2. The molecule has 1 saturated carbocycles. The summed E-state index contributed by atoms with van der Waals surface area (Å²) in [6.45, 7) is 6.71. The average molecular weight is 854 g/mol. The number of anilines is 1. The van der Waals surface area contributed by atoms with Gasteiger partial charge in [-0.2, -0.15) is 14.6 Å². The van der Waals surface area contributed by atoms with E-state index in [1.807, 2.05) is 30.3 Å². The van der Waals surface area contributed by atoms with Gasteiger partial charge < -0.3 is 24.6 Å². The lowest BCUT2D eigenvalue weighted by Gasteiger charge is -2.32. The second-order valence-corrected chi connectivity index (χ2v) is 15.3. The SMILES string of the molecule is CCO.CN1CCN(CCOC(=O)CCC(=O)n2cc(-c3nc(C(=O)Nc4cn(C5CCCCC5)nc4-c4nc(F)ccc4F)cs3)cn2)CC1.OSc1ccccc1. The van der Waals surface area contributed by atoms with Gasteiger partial charge in [-0.1, -0.05) is 37.5 Å². The Morgan fingerprint density at radius 1 is 0.966 bits per heavy atom. The molecule has 1 aliphatic carbocycles. The van der Waals surface area contributed by atoms with E-state index in [4.69, 9.17) is 14.4 Å². The molecule has 2 fully saturated rings. The van der Waals surface area contributed by atoms with E-state index >= 15 is 0 Å². The normalized spacial score (nSPS) is 14.7. The van der Waals surface area contributed by atoms with Gasteiger partial charge in [0.1, 0.15) is 28.7 Å². The van der Waals surface area contributed by atoms with Crippen molar-refractivity contribution in [2.45, 2.75) is 62.8 Å². The Kier molecular flexibility index (Phi) is 17.6. The van der Waals surface area contributed by atoms with Crippen LogP contribution in [0.4, 0.5) is 14.5 Å². The number of ether oxygens (including phenoxy) is 1. The second-order valence-electron chi connectivity index (χ2n) is 13.8. The molecule has 59 heavy (non-hydrogen) atoms. The Hall–Kier alpha value is -4.92. The lowest BCUT2D eigenvalue weighted by atomic mass is 9.96. The van der Waals surface area contributed by atoms with Crippen LogP contribution in [0.3, 0.4) is 0 Å². The molecular formula is C40H49F2N9O6S2. The summed E-state index contributed by atoms with van der Waals surface area (Å²) in [5.41, 5.74) is 0.514. The molecule has 3 N–H and O–H groups in total. The van der Waals surface area contributed by atoms with E-state index in [0.717, 1.165) is 92.0 Å². The lowest BCUT2D eigenvalue weighted by Crippen LogP contribution is -2.45. The Bertz CT molecular complexity index is 2100. The lowest BCUT2D eigenvalue weighted by molar-refractivity contribution is -0.144. The van der Waals surface area contributed by atoms with Gasteiger partial charge in [-0.25, -0.2) is 19.0 Å². The molecule has 7 rings (SSSR count). The first-order chi connectivity index (χ1) is 28.6. The molecule has 0 radical (unpaired) electrons. The van der Waals surface area contributed by atoms with Crippen molar-refractivity contribution in [3.05, 3.63) is 83.9 Å². The first kappa shape index (κ1) is 45.2. The molecule has 15 nitrogen and oxygen atoms in total. The first-order valence-electron chi connectivity index (χ1n) is 19.4. The second kappa shape index (κ2) is 23.0. The van der Waals surface area contributed by atoms with Gasteiger partial charge in [0.2, 0.25) is 11.9 Å². The number of pyridine rings is 1. The van der Waals surface area contributed by atoms with E-state index in [1.54, 1.807) is 23.2 Å². The van der Waals surface area contributed by atoms with Crippen molar-refractivity contribution < 1.29 is 37.6 Å². The Balaban J connectivity index is 0.000000526. The Labute approximate surface area is 349 Å². The number of benzene rings is 1. The fraction of sp³-hybridized carbons (Fsp3) is 0.425. The number of aromatic nitrogens is 6. The summed E-state index contributed by atoms with van der Waals surface area (Å²) in [7, 11) is 2.08. The van der Waals surface area contributed by atoms with Gasteiger partial charge in [0.25, 0.3) is 5.91 Å². The number of thiazole rings is 1. The molecule has 4 aromatic heterocycles. The van der Waals surface area contributed by atoms with E-state index in [2.05, 4.69) is 42.3 Å². The van der Waals surface area contributed by atoms with Crippen molar-refractivity contribution in [1.82, 2.24) is 39.3 Å². The predicted molar refractivity (Wildman–Crippen MR) is 221 cm³/mol. The van der Waals surface area contributed by atoms with Crippen LogP contribution in [0.5, 0.6) is 0 Å². The van der Waals surface area contributed by atoms with E-state index in [-0.39, 0.29) is 60.8 Å². The number of piperazine rings is 1. The summed E-state index contributed by atoms with van der Waals surface area (Å²) >= 11 is 1.95. The number of aliphatic hydroxyl groups excluding tert-OH is 1. The van der Waals surface area contributed by atoms with Crippen LogP contribution in [0.25, 0.3) is 22.0 Å². The Morgan fingerprint density at radius 2 is 1.69 bits per heavy atom. The largest absolute Gasteiger partial charge is 0.464 e. The molecule has 0 atom stereocenters. The van der Waals surface area contributed by atoms with Crippen molar-refractivity contribution >= 4 is 46.9 Å². The van der Waals surface area contributed by atoms with Gasteiger partial charge in [0, 0.05) is 86.0 Å². The zero-order chi connectivity index (χ0) is 42.1. The molecule has 5 heterocycles. The van der Waals surface area contributed by atoms with Gasteiger partial charge in [0.15, 0.2) is 5.82 Å². The van der Waals surface area contributed by atoms with E-state index in [1.165, 1.54) is 23.7 Å². The summed E-state index contributed by atoms with van der Waals surface area (Å²) in [5.74, 6) is -3.03. The van der Waals surface area contributed by atoms with Crippen LogP contribution in [0.1, 0.15) is 73.2 Å². The number of esters is 1. The molecule has 0 unspecified atom stereocenters. The van der Waals surface area contributed by atoms with Gasteiger partial charge >= 0.3 is 5.97 Å². The van der Waals surface area contributed by atoms with Crippen LogP contribution >= 0.6 is 23.4 Å². The maximum absolute atomic E-state index is 14.7. The summed E-state index contributed by atoms with van der Waals surface area (Å²) in [4.78, 5) is 51.7. The van der Waals surface area contributed by atoms with E-state index in [9.17, 15) is 23.2 Å². The number of carbonyl (C=O) groups excluding carboxylic acids is 3. The zero-order valence-electron chi connectivity index (χ0n) is 33.0. The van der Waals surface area contributed by atoms with Gasteiger partial charge in [-0.05, 0) is 51.1 Å². The summed E-state index contributed by atoms with van der Waals surface area (Å²) < 4.78 is 45.3. The predicted octanol–water partition coefficient (Wildman–Crippen LogP) is 6.76. The van der Waals surface area contributed by atoms with Crippen LogP contribution in [0.15, 0.2) is 71.3 Å². The molecule has 1 aliphatic heterocycles. The van der Waals surface area contributed by atoms with Crippen molar-refractivity contribution in [3.63, 3.8) is 0 Å². The maximum atomic E-state index is 14.7. The minimum absolute atomic E-state index is 0.0279. The number of nitrogens with zero attached hydrogens (tertiary/aromatic N) is 8. The molecule has 2 aliphatic rings. The number of likely N-dealkylation sites (N-methyl/N-ethyl adjacent to an activating group) is 1. The van der Waals surface area contributed by atoms with Crippen molar-refractivity contribution in [2.75, 3.05) is 58.3 Å².